The summed E-state index contributed by atoms with van der Waals surface area (Å²) in [5.74, 6) is 4.68. The molecule has 0 atom stereocenters. The van der Waals surface area contributed by atoms with Crippen LogP contribution in [0.1, 0.15) is 6.42 Å². The summed E-state index contributed by atoms with van der Waals surface area (Å²) in [5, 5.41) is 3.06. The average molecular weight is 159 g/mol. The number of nitrogens with one attached hydrogen (secondary N) is 2. The van der Waals surface area contributed by atoms with Gasteiger partial charge in [-0.3, -0.25) is 10.2 Å². The number of hydrogen-bond donors (Lipinski definition) is 3. The molecule has 11 heavy (non-hydrogen) atoms. The Morgan fingerprint density at radius 1 is 1.73 bits per heavy atom. The number of hydrazine groups is 1. The van der Waals surface area contributed by atoms with Crippen LogP contribution in [-0.2, 0) is 9.53 Å². The maximum Gasteiger partial charge on any atom is 0.236 e. The minimum absolute atomic E-state index is 0.183. The highest BCUT2D eigenvalue weighted by atomic mass is 16.5. The van der Waals surface area contributed by atoms with Crippen LogP contribution in [0.5, 0.6) is 0 Å². The quantitative estimate of drug-likeness (QED) is 0.261. The van der Waals surface area contributed by atoms with Crippen LogP contribution < -0.4 is 16.6 Å². The number of ether oxygens (including phenoxy) is 1. The monoisotopic (exact) mass is 159 g/mol. The molecule has 0 radical (unpaired) electrons. The predicted octanol–water partition coefficient (Wildman–Crippen LogP) is -1.65. The largest absolute Gasteiger partial charge is 0.375 e. The molecule has 5 heteroatoms. The number of amides is 1. The van der Waals surface area contributed by atoms with Crippen molar-refractivity contribution in [2.45, 2.75) is 12.5 Å². The molecule has 1 heterocycles. The first-order valence-corrected chi connectivity index (χ1v) is 3.64. The van der Waals surface area contributed by atoms with Gasteiger partial charge in [0.1, 0.15) is 0 Å². The smallest absolute Gasteiger partial charge is 0.236 e. The summed E-state index contributed by atoms with van der Waals surface area (Å²) in [7, 11) is 0. The lowest BCUT2D eigenvalue weighted by molar-refractivity contribution is -0.122. The van der Waals surface area contributed by atoms with E-state index in [9.17, 15) is 4.79 Å². The Morgan fingerprint density at radius 2 is 2.45 bits per heavy atom. The minimum Gasteiger partial charge on any atom is -0.375 e. The highest BCUT2D eigenvalue weighted by Crippen LogP contribution is 1.98. The molecule has 5 nitrogen and oxygen atoms in total. The first-order valence-electron chi connectivity index (χ1n) is 3.64. The van der Waals surface area contributed by atoms with Crippen molar-refractivity contribution in [3.8, 4) is 0 Å². The van der Waals surface area contributed by atoms with Gasteiger partial charge < -0.3 is 10.1 Å². The number of rotatable bonds is 4. The summed E-state index contributed by atoms with van der Waals surface area (Å²) in [5.41, 5.74) is 2.04. The molecule has 0 aromatic heterocycles. The summed E-state index contributed by atoms with van der Waals surface area (Å²) in [6, 6.07) is 0. The molecule has 4 N–H and O–H groups in total. The van der Waals surface area contributed by atoms with Crippen molar-refractivity contribution in [2.24, 2.45) is 5.84 Å². The van der Waals surface area contributed by atoms with Crippen molar-refractivity contribution >= 4 is 5.91 Å². The van der Waals surface area contributed by atoms with E-state index in [1.54, 1.807) is 0 Å². The van der Waals surface area contributed by atoms with Crippen LogP contribution in [0.15, 0.2) is 0 Å². The van der Waals surface area contributed by atoms with Gasteiger partial charge in [-0.15, -0.1) is 0 Å². The Labute approximate surface area is 65.2 Å². The van der Waals surface area contributed by atoms with Gasteiger partial charge in [0.25, 0.3) is 0 Å². The molecule has 64 valence electrons. The molecule has 0 aromatic carbocycles. The molecule has 0 aliphatic carbocycles. The van der Waals surface area contributed by atoms with Gasteiger partial charge in [0.05, 0.1) is 19.1 Å². The van der Waals surface area contributed by atoms with Gasteiger partial charge in [-0.05, 0) is 0 Å². The van der Waals surface area contributed by atoms with Gasteiger partial charge in [-0.25, -0.2) is 5.84 Å². The van der Waals surface area contributed by atoms with Crippen LogP contribution in [0.3, 0.4) is 0 Å². The second-order valence-electron chi connectivity index (χ2n) is 2.47. The van der Waals surface area contributed by atoms with Gasteiger partial charge in [0, 0.05) is 13.1 Å². The number of hydrogen-bond acceptors (Lipinski definition) is 4. The molecule has 1 amide bonds. The second-order valence-corrected chi connectivity index (χ2v) is 2.47. The SMILES string of the molecule is NNC(=O)CCOC1CNC1. The molecular formula is C6H13N3O2. The minimum atomic E-state index is -0.183. The molecule has 0 bridgehead atoms. The molecule has 0 spiro atoms. The highest BCUT2D eigenvalue weighted by Gasteiger charge is 2.16. The number of nitrogens with two attached hydrogens (primary N) is 1. The van der Waals surface area contributed by atoms with E-state index in [1.165, 1.54) is 0 Å². The number of carbonyl (C=O) groups excluding carboxylic acids is 1. The summed E-state index contributed by atoms with van der Waals surface area (Å²) in [4.78, 5) is 10.6. The average Bonchev–Trinajstić information content (AvgIpc) is 1.94. The highest BCUT2D eigenvalue weighted by molar-refractivity contribution is 5.75. The van der Waals surface area contributed by atoms with Crippen molar-refractivity contribution in [3.05, 3.63) is 0 Å². The van der Waals surface area contributed by atoms with Crippen LogP contribution in [0.4, 0.5) is 0 Å². The Hall–Kier alpha value is -0.650. The van der Waals surface area contributed by atoms with Crippen molar-refractivity contribution in [1.82, 2.24) is 10.7 Å². The van der Waals surface area contributed by atoms with Crippen LogP contribution in [0.25, 0.3) is 0 Å². The zero-order chi connectivity index (χ0) is 8.10. The second kappa shape index (κ2) is 4.27. The van der Waals surface area contributed by atoms with Gasteiger partial charge in [-0.1, -0.05) is 0 Å². The lowest BCUT2D eigenvalue weighted by atomic mass is 10.2. The van der Waals surface area contributed by atoms with Crippen LogP contribution >= 0.6 is 0 Å². The van der Waals surface area contributed by atoms with E-state index in [-0.39, 0.29) is 5.91 Å². The Balaban J connectivity index is 1.90. The Kier molecular flexibility index (Phi) is 3.28. The molecule has 0 saturated carbocycles. The van der Waals surface area contributed by atoms with Crippen LogP contribution in [-0.4, -0.2) is 31.7 Å². The third-order valence-corrected chi connectivity index (χ3v) is 1.59. The zero-order valence-electron chi connectivity index (χ0n) is 6.30. The molecule has 1 fully saturated rings. The van der Waals surface area contributed by atoms with Gasteiger partial charge in [0.2, 0.25) is 5.91 Å². The first kappa shape index (κ1) is 8.45. The lowest BCUT2D eigenvalue weighted by Gasteiger charge is -2.26. The first-order chi connectivity index (χ1) is 5.33. The molecular weight excluding hydrogens is 146 g/mol. The maximum absolute atomic E-state index is 10.6. The Bertz CT molecular complexity index is 136. The summed E-state index contributed by atoms with van der Waals surface area (Å²) in [6.45, 7) is 2.24. The topological polar surface area (TPSA) is 76.4 Å². The van der Waals surface area contributed by atoms with Crippen LogP contribution in [0.2, 0.25) is 0 Å². The van der Waals surface area contributed by atoms with Crippen molar-refractivity contribution < 1.29 is 9.53 Å². The standard InChI is InChI=1S/C6H13N3O2/c7-9-6(10)1-2-11-5-3-8-4-5/h5,8H,1-4,7H2,(H,9,10). The maximum atomic E-state index is 10.6. The van der Waals surface area contributed by atoms with Gasteiger partial charge >= 0.3 is 0 Å². The van der Waals surface area contributed by atoms with E-state index in [4.69, 9.17) is 10.6 Å². The summed E-state index contributed by atoms with van der Waals surface area (Å²) in [6.07, 6.45) is 0.632. The summed E-state index contributed by atoms with van der Waals surface area (Å²) >= 11 is 0. The third kappa shape index (κ3) is 2.83. The van der Waals surface area contributed by atoms with Crippen molar-refractivity contribution in [3.63, 3.8) is 0 Å². The molecule has 1 saturated heterocycles. The lowest BCUT2D eigenvalue weighted by Crippen LogP contribution is -2.48. The fraction of sp³-hybridized carbons (Fsp3) is 0.833. The van der Waals surface area contributed by atoms with Gasteiger partial charge in [-0.2, -0.15) is 0 Å². The van der Waals surface area contributed by atoms with E-state index in [0.717, 1.165) is 13.1 Å². The molecule has 0 aromatic rings. The van der Waals surface area contributed by atoms with E-state index in [1.807, 2.05) is 5.43 Å². The zero-order valence-corrected chi connectivity index (χ0v) is 6.30. The molecule has 1 aliphatic heterocycles. The van der Waals surface area contributed by atoms with E-state index in [2.05, 4.69) is 5.32 Å². The fourth-order valence-corrected chi connectivity index (χ4v) is 0.770. The Morgan fingerprint density at radius 3 is 2.91 bits per heavy atom. The van der Waals surface area contributed by atoms with Gasteiger partial charge in [0.15, 0.2) is 0 Å². The normalized spacial score (nSPS) is 17.5. The molecule has 1 rings (SSSR count). The number of carbonyl (C=O) groups is 1. The molecule has 0 unspecified atom stereocenters. The fourth-order valence-electron chi connectivity index (χ4n) is 0.770. The van der Waals surface area contributed by atoms with Crippen molar-refractivity contribution in [1.29, 1.82) is 0 Å². The van der Waals surface area contributed by atoms with E-state index >= 15 is 0 Å². The third-order valence-electron chi connectivity index (χ3n) is 1.59. The summed E-state index contributed by atoms with van der Waals surface area (Å²) < 4.78 is 5.27. The van der Waals surface area contributed by atoms with Crippen molar-refractivity contribution in [2.75, 3.05) is 19.7 Å². The molecule has 1 aliphatic rings. The predicted molar refractivity (Wildman–Crippen MR) is 39.6 cm³/mol. The van der Waals surface area contributed by atoms with E-state index in [0.29, 0.717) is 19.1 Å². The van der Waals surface area contributed by atoms with E-state index < -0.39 is 0 Å². The van der Waals surface area contributed by atoms with Crippen LogP contribution in [0, 0.1) is 0 Å².